The summed E-state index contributed by atoms with van der Waals surface area (Å²) in [5, 5.41) is 29.3. The highest BCUT2D eigenvalue weighted by Gasteiger charge is 2.28. The summed E-state index contributed by atoms with van der Waals surface area (Å²) in [6, 6.07) is 0. The molecule has 0 aromatic heterocycles. The van der Waals surface area contributed by atoms with Gasteiger partial charge in [-0.15, -0.1) is 0 Å². The van der Waals surface area contributed by atoms with Crippen molar-refractivity contribution in [3.63, 3.8) is 0 Å². The Morgan fingerprint density at radius 2 is 1.70 bits per heavy atom. The van der Waals surface area contributed by atoms with E-state index in [0.717, 1.165) is 32.1 Å². The van der Waals surface area contributed by atoms with E-state index >= 15 is 0 Å². The predicted molar refractivity (Wildman–Crippen MR) is 91.3 cm³/mol. The van der Waals surface area contributed by atoms with Crippen LogP contribution in [0.5, 0.6) is 0 Å². The van der Waals surface area contributed by atoms with Gasteiger partial charge in [0.15, 0.2) is 0 Å². The van der Waals surface area contributed by atoms with Crippen LogP contribution < -0.4 is 0 Å². The van der Waals surface area contributed by atoms with Gasteiger partial charge in [-0.05, 0) is 25.2 Å². The molecule has 0 amide bonds. The van der Waals surface area contributed by atoms with Crippen molar-refractivity contribution in [2.75, 3.05) is 0 Å². The second-order valence-electron chi connectivity index (χ2n) is 5.57. The van der Waals surface area contributed by atoms with Crippen molar-refractivity contribution in [2.24, 2.45) is 5.92 Å². The fraction of sp³-hybridized carbons (Fsp3) is 0.632. The summed E-state index contributed by atoms with van der Waals surface area (Å²) in [6.07, 6.45) is 3.75. The Balaban J connectivity index is 4.57. The van der Waals surface area contributed by atoms with Gasteiger partial charge in [-0.2, -0.15) is 0 Å². The van der Waals surface area contributed by atoms with Gasteiger partial charge in [0.1, 0.15) is 23.9 Å². The van der Waals surface area contributed by atoms with E-state index in [9.17, 15) is 20.1 Å². The summed E-state index contributed by atoms with van der Waals surface area (Å²) in [7, 11) is 0. The molecule has 4 atom stereocenters. The van der Waals surface area contributed by atoms with Crippen molar-refractivity contribution in [3.05, 3.63) is 12.7 Å². The molecule has 0 radical (unpaired) electrons. The maximum absolute atomic E-state index is 11.6. The molecule has 1 unspecified atom stereocenters. The topological polar surface area (TPSA) is 77.8 Å². The molecule has 0 aromatic rings. The zero-order valence-corrected chi connectivity index (χ0v) is 14.1. The Labute approximate surface area is 139 Å². The minimum Gasteiger partial charge on any atom is -0.390 e. The van der Waals surface area contributed by atoms with Crippen LogP contribution in [0.3, 0.4) is 0 Å². The predicted octanol–water partition coefficient (Wildman–Crippen LogP) is 1.83. The number of ketones is 1. The monoisotopic (exact) mass is 320 g/mol. The van der Waals surface area contributed by atoms with Crippen LogP contribution in [0.25, 0.3) is 0 Å². The molecule has 4 heteroatoms. The van der Waals surface area contributed by atoms with E-state index in [0.29, 0.717) is 6.42 Å². The van der Waals surface area contributed by atoms with Crippen molar-refractivity contribution in [1.82, 2.24) is 0 Å². The molecule has 0 aliphatic heterocycles. The molecule has 0 rings (SSSR count). The summed E-state index contributed by atoms with van der Waals surface area (Å²) in [5.74, 6) is 8.52. The normalized spacial score (nSPS) is 15.2. The van der Waals surface area contributed by atoms with E-state index in [1.807, 2.05) is 0 Å². The third kappa shape index (κ3) is 9.92. The number of carbonyl (C=O) groups excluding carboxylic acids is 1. The van der Waals surface area contributed by atoms with E-state index in [1.54, 1.807) is 0 Å². The van der Waals surface area contributed by atoms with E-state index < -0.39 is 24.2 Å². The summed E-state index contributed by atoms with van der Waals surface area (Å²) >= 11 is 0. The fourth-order valence-electron chi connectivity index (χ4n) is 2.06. The standard InChI is InChI=1S/C19H28O4/c1-4-6-7-8-9-14-18(22)19(23)17(15(3)20)13-11-10-12-16(21)5-2/h5,16-19,21-23H,2,4,6-9,14H2,1,3H3/t16?,17-,18+,19+/m0/s1. The van der Waals surface area contributed by atoms with Gasteiger partial charge in [0.2, 0.25) is 0 Å². The molecule has 0 saturated heterocycles. The van der Waals surface area contributed by atoms with Crippen molar-refractivity contribution in [3.8, 4) is 23.7 Å². The second-order valence-corrected chi connectivity index (χ2v) is 5.57. The number of carbonyl (C=O) groups is 1. The number of unbranched alkanes of at least 4 members (excludes halogenated alkanes) is 4. The van der Waals surface area contributed by atoms with Gasteiger partial charge in [-0.1, -0.05) is 63.5 Å². The van der Waals surface area contributed by atoms with Gasteiger partial charge in [-0.3, -0.25) is 4.79 Å². The van der Waals surface area contributed by atoms with Crippen LogP contribution >= 0.6 is 0 Å². The number of Topliss-reactive ketones (excluding diaryl/α,β-unsaturated/α-hetero) is 1. The maximum Gasteiger partial charge on any atom is 0.147 e. The van der Waals surface area contributed by atoms with Gasteiger partial charge < -0.3 is 15.3 Å². The largest absolute Gasteiger partial charge is 0.390 e. The van der Waals surface area contributed by atoms with Gasteiger partial charge >= 0.3 is 0 Å². The maximum atomic E-state index is 11.6. The molecule has 0 saturated carbocycles. The smallest absolute Gasteiger partial charge is 0.147 e. The lowest BCUT2D eigenvalue weighted by molar-refractivity contribution is -0.124. The number of aliphatic hydroxyl groups is 3. The van der Waals surface area contributed by atoms with Crippen molar-refractivity contribution >= 4 is 5.78 Å². The number of aliphatic hydroxyl groups excluding tert-OH is 3. The van der Waals surface area contributed by atoms with Crippen LogP contribution in [0.1, 0.15) is 52.4 Å². The molecule has 4 nitrogen and oxygen atoms in total. The van der Waals surface area contributed by atoms with E-state index in [-0.39, 0.29) is 5.78 Å². The molecule has 0 aliphatic carbocycles. The van der Waals surface area contributed by atoms with Crippen LogP contribution in [0.2, 0.25) is 0 Å². The van der Waals surface area contributed by atoms with E-state index in [2.05, 4.69) is 37.2 Å². The van der Waals surface area contributed by atoms with Crippen LogP contribution in [0, 0.1) is 29.6 Å². The van der Waals surface area contributed by atoms with Crippen molar-refractivity contribution < 1.29 is 20.1 Å². The SMILES string of the molecule is C=CC(O)C#CC#C[C@@H](C(C)=O)[C@@H](O)[C@H](O)CCCCCCC. The molecular formula is C19H28O4. The molecule has 0 aromatic carbocycles. The van der Waals surface area contributed by atoms with Crippen molar-refractivity contribution in [1.29, 1.82) is 0 Å². The summed E-state index contributed by atoms with van der Waals surface area (Å²) in [6.45, 7) is 6.83. The third-order valence-corrected chi connectivity index (χ3v) is 3.51. The molecular weight excluding hydrogens is 292 g/mol. The lowest BCUT2D eigenvalue weighted by atomic mass is 9.92. The molecule has 0 spiro atoms. The molecule has 0 aliphatic rings. The van der Waals surface area contributed by atoms with Gasteiger partial charge in [-0.25, -0.2) is 0 Å². The fourth-order valence-corrected chi connectivity index (χ4v) is 2.06. The van der Waals surface area contributed by atoms with Gasteiger partial charge in [0.25, 0.3) is 0 Å². The molecule has 128 valence electrons. The number of hydrogen-bond acceptors (Lipinski definition) is 4. The van der Waals surface area contributed by atoms with Crippen molar-refractivity contribution in [2.45, 2.75) is 70.7 Å². The quantitative estimate of drug-likeness (QED) is 0.326. The Bertz CT molecular complexity index is 475. The molecule has 0 bridgehead atoms. The Morgan fingerprint density at radius 1 is 1.09 bits per heavy atom. The zero-order valence-electron chi connectivity index (χ0n) is 14.1. The number of rotatable bonds is 10. The van der Waals surface area contributed by atoms with Crippen LogP contribution in [0.15, 0.2) is 12.7 Å². The van der Waals surface area contributed by atoms with E-state index in [1.165, 1.54) is 13.0 Å². The zero-order chi connectivity index (χ0) is 17.7. The summed E-state index contributed by atoms with van der Waals surface area (Å²) in [4.78, 5) is 11.6. The Kier molecular flexibility index (Phi) is 12.0. The van der Waals surface area contributed by atoms with Gasteiger partial charge in [0, 0.05) is 0 Å². The first-order valence-corrected chi connectivity index (χ1v) is 8.12. The average molecular weight is 320 g/mol. The highest BCUT2D eigenvalue weighted by Crippen LogP contribution is 2.15. The minimum absolute atomic E-state index is 0.318. The van der Waals surface area contributed by atoms with Crippen LogP contribution in [-0.4, -0.2) is 39.4 Å². The molecule has 3 N–H and O–H groups in total. The molecule has 23 heavy (non-hydrogen) atoms. The Hall–Kier alpha value is -1.59. The highest BCUT2D eigenvalue weighted by molar-refractivity contribution is 5.82. The first-order valence-electron chi connectivity index (χ1n) is 8.12. The Morgan fingerprint density at radius 3 is 2.26 bits per heavy atom. The first-order chi connectivity index (χ1) is 10.9. The average Bonchev–Trinajstić information content (AvgIpc) is 2.53. The van der Waals surface area contributed by atoms with Gasteiger partial charge in [0.05, 0.1) is 6.10 Å². The highest BCUT2D eigenvalue weighted by atomic mass is 16.3. The summed E-state index contributed by atoms with van der Waals surface area (Å²) in [5.41, 5.74) is 0. The first kappa shape index (κ1) is 21.4. The third-order valence-electron chi connectivity index (χ3n) is 3.51. The summed E-state index contributed by atoms with van der Waals surface area (Å²) < 4.78 is 0. The molecule has 0 fully saturated rings. The lowest BCUT2D eigenvalue weighted by Gasteiger charge is -2.21. The van der Waals surface area contributed by atoms with Crippen LogP contribution in [-0.2, 0) is 4.79 Å². The minimum atomic E-state index is -1.22. The van der Waals surface area contributed by atoms with E-state index in [4.69, 9.17) is 0 Å². The second kappa shape index (κ2) is 12.9. The van der Waals surface area contributed by atoms with Crippen LogP contribution in [0.4, 0.5) is 0 Å². The lowest BCUT2D eigenvalue weighted by Crippen LogP contribution is -2.36. The molecule has 0 heterocycles. The number of hydrogen-bond donors (Lipinski definition) is 3.